The van der Waals surface area contributed by atoms with Gasteiger partial charge in [-0.25, -0.2) is 29.1 Å². The second-order valence-corrected chi connectivity index (χ2v) is 15.1. The minimum Gasteiger partial charge on any atom is -0.464 e. The number of anilines is 2. The summed E-state index contributed by atoms with van der Waals surface area (Å²) in [4.78, 5) is 62.8. The van der Waals surface area contributed by atoms with Crippen molar-refractivity contribution in [2.24, 2.45) is 0 Å². The van der Waals surface area contributed by atoms with E-state index >= 15 is 0 Å². The fourth-order valence-electron chi connectivity index (χ4n) is 5.49. The zero-order valence-corrected chi connectivity index (χ0v) is 33.4. The molecule has 0 aliphatic carbocycles. The summed E-state index contributed by atoms with van der Waals surface area (Å²) >= 11 is 0. The maximum absolute atomic E-state index is 12.3. The molecule has 2 aromatic carbocycles. The molecule has 298 valence electrons. The number of hydrogen-bond acceptors (Lipinski definition) is 12. The Labute approximate surface area is 328 Å². The molecule has 0 aliphatic rings. The maximum Gasteiger partial charge on any atom is 0.412 e. The van der Waals surface area contributed by atoms with Gasteiger partial charge < -0.3 is 18.9 Å². The van der Waals surface area contributed by atoms with E-state index in [-0.39, 0.29) is 11.4 Å². The number of ether oxygens (including phenoxy) is 4. The van der Waals surface area contributed by atoms with Crippen molar-refractivity contribution < 1.29 is 38.1 Å². The van der Waals surface area contributed by atoms with E-state index in [1.807, 2.05) is 60.7 Å². The van der Waals surface area contributed by atoms with E-state index in [1.165, 1.54) is 14.2 Å². The normalized spacial score (nSPS) is 11.5. The van der Waals surface area contributed by atoms with Gasteiger partial charge in [0.15, 0.2) is 0 Å². The first kappa shape index (κ1) is 42.9. The van der Waals surface area contributed by atoms with Crippen LogP contribution in [0, 0.1) is 0 Å². The fraction of sp³-hybridized carbons (Fsp3) is 0.381. The van der Waals surface area contributed by atoms with Crippen molar-refractivity contribution in [2.75, 3.05) is 37.9 Å². The average Bonchev–Trinajstić information content (AvgIpc) is 3.13. The molecule has 4 rings (SSSR count). The molecule has 14 heteroatoms. The van der Waals surface area contributed by atoms with Crippen molar-refractivity contribution >= 4 is 35.5 Å². The number of carbonyl (C=O) groups excluding carboxylic acids is 4. The van der Waals surface area contributed by atoms with Gasteiger partial charge in [0, 0.05) is 50.6 Å². The number of methoxy groups -OCH3 is 2. The van der Waals surface area contributed by atoms with E-state index in [2.05, 4.69) is 30.4 Å². The number of nitrogens with one attached hydrogen (secondary N) is 2. The van der Waals surface area contributed by atoms with Gasteiger partial charge in [0.25, 0.3) is 0 Å². The summed E-state index contributed by atoms with van der Waals surface area (Å²) in [7, 11) is 2.64. The number of aromatic nitrogens is 2. The molecule has 2 N–H and O–H groups in total. The second-order valence-electron chi connectivity index (χ2n) is 15.1. The zero-order valence-electron chi connectivity index (χ0n) is 33.4. The third kappa shape index (κ3) is 14.8. The Morgan fingerprint density at radius 2 is 0.893 bits per heavy atom. The fourth-order valence-corrected chi connectivity index (χ4v) is 5.49. The topological polar surface area (TPSA) is 162 Å². The lowest BCUT2D eigenvalue weighted by molar-refractivity contribution is 0.0584. The molecule has 2 amide bonds. The third-order valence-electron chi connectivity index (χ3n) is 7.92. The largest absolute Gasteiger partial charge is 0.464 e. The van der Waals surface area contributed by atoms with Crippen molar-refractivity contribution in [3.8, 4) is 0 Å². The van der Waals surface area contributed by atoms with Crippen LogP contribution in [0.25, 0.3) is 0 Å². The third-order valence-corrected chi connectivity index (χ3v) is 7.92. The van der Waals surface area contributed by atoms with Crippen molar-refractivity contribution in [3.63, 3.8) is 0 Å². The summed E-state index contributed by atoms with van der Waals surface area (Å²) in [5, 5.41) is 5.53. The van der Waals surface area contributed by atoms with Crippen LogP contribution in [0.2, 0.25) is 0 Å². The smallest absolute Gasteiger partial charge is 0.412 e. The molecule has 14 nitrogen and oxygen atoms in total. The minimum atomic E-state index is -0.625. The van der Waals surface area contributed by atoms with Gasteiger partial charge in [-0.05, 0) is 101 Å². The van der Waals surface area contributed by atoms with Crippen molar-refractivity contribution in [3.05, 3.63) is 119 Å². The van der Waals surface area contributed by atoms with Crippen LogP contribution in [0.4, 0.5) is 21.0 Å². The summed E-state index contributed by atoms with van der Waals surface area (Å²) < 4.78 is 20.6. The van der Waals surface area contributed by atoms with Crippen LogP contribution in [0.5, 0.6) is 0 Å². The van der Waals surface area contributed by atoms with Crippen molar-refractivity contribution in [1.29, 1.82) is 0 Å². The van der Waals surface area contributed by atoms with Gasteiger partial charge in [0.2, 0.25) is 0 Å². The van der Waals surface area contributed by atoms with E-state index < -0.39 is 35.3 Å². The highest BCUT2D eigenvalue weighted by Gasteiger charge is 2.19. The van der Waals surface area contributed by atoms with Gasteiger partial charge in [-0.3, -0.25) is 20.4 Å². The molecule has 2 heterocycles. The van der Waals surface area contributed by atoms with Gasteiger partial charge in [0.05, 0.1) is 25.6 Å². The van der Waals surface area contributed by atoms with Crippen molar-refractivity contribution in [2.45, 2.75) is 78.9 Å². The summed E-state index contributed by atoms with van der Waals surface area (Å²) in [6, 6.07) is 25.5. The number of hydrogen-bond donors (Lipinski definition) is 2. The van der Waals surface area contributed by atoms with Crippen LogP contribution in [0.1, 0.15) is 85.0 Å². The lowest BCUT2D eigenvalue weighted by atomic mass is 10.1. The molecule has 0 atom stereocenters. The molecule has 0 fully saturated rings. The lowest BCUT2D eigenvalue weighted by Crippen LogP contribution is -2.35. The number of nitrogens with zero attached hydrogens (tertiary/aromatic N) is 4. The summed E-state index contributed by atoms with van der Waals surface area (Å²) in [5.41, 5.74) is 3.71. The van der Waals surface area contributed by atoms with E-state index in [0.29, 0.717) is 62.0 Å². The molecule has 0 aliphatic heterocycles. The monoisotopic (exact) mass is 768 g/mol. The molecular weight excluding hydrogens is 716 g/mol. The SMILES string of the molecule is COC(=O)c1cccc(CN(CCN(Cc2ccc(NC(=O)OC(C)(C)C)cc2)Cc2cccc(C(=O)OC)n2)Cc2ccc(NC(=O)OC(C)(C)C)cc2)n1. The predicted molar refractivity (Wildman–Crippen MR) is 212 cm³/mol. The first-order valence-electron chi connectivity index (χ1n) is 18.2. The van der Waals surface area contributed by atoms with Gasteiger partial charge >= 0.3 is 24.1 Å². The number of rotatable bonds is 15. The Balaban J connectivity index is 1.57. The first-order chi connectivity index (χ1) is 26.5. The van der Waals surface area contributed by atoms with Gasteiger partial charge in [-0.15, -0.1) is 0 Å². The van der Waals surface area contributed by atoms with Gasteiger partial charge in [-0.2, -0.15) is 0 Å². The highest BCUT2D eigenvalue weighted by atomic mass is 16.6. The van der Waals surface area contributed by atoms with E-state index in [9.17, 15) is 19.2 Å². The predicted octanol–water partition coefficient (Wildman–Crippen LogP) is 7.45. The molecule has 0 unspecified atom stereocenters. The molecule has 0 bridgehead atoms. The summed E-state index contributed by atoms with van der Waals surface area (Å²) in [5.74, 6) is -1.04. The lowest BCUT2D eigenvalue weighted by Gasteiger charge is -2.28. The van der Waals surface area contributed by atoms with Crippen LogP contribution >= 0.6 is 0 Å². The molecular formula is C42H52N6O8. The van der Waals surface area contributed by atoms with Crippen LogP contribution < -0.4 is 10.6 Å². The Morgan fingerprint density at radius 1 is 0.536 bits per heavy atom. The number of benzene rings is 2. The minimum absolute atomic E-state index is 0.213. The van der Waals surface area contributed by atoms with E-state index in [1.54, 1.807) is 65.8 Å². The Bertz CT molecular complexity index is 1800. The summed E-state index contributed by atoms with van der Waals surface area (Å²) in [6.07, 6.45) is -1.08. The molecule has 2 aromatic heterocycles. The molecule has 4 aromatic rings. The average molecular weight is 769 g/mol. The maximum atomic E-state index is 12.3. The van der Waals surface area contributed by atoms with Gasteiger partial charge in [0.1, 0.15) is 22.6 Å². The van der Waals surface area contributed by atoms with Crippen LogP contribution in [-0.4, -0.2) is 82.4 Å². The highest BCUT2D eigenvalue weighted by Crippen LogP contribution is 2.19. The standard InChI is InChI=1S/C42H52N6O8/c1-41(2,3)55-39(51)45-31-19-15-29(16-20-31)25-47(27-33-11-9-13-35(43-33)37(49)53-7)23-24-48(28-34-12-10-14-36(44-34)38(50)54-8)26-30-17-21-32(22-18-30)46-40(52)56-42(4,5)6/h9-22H,23-28H2,1-8H3,(H,45,51)(H,46,52). The number of amides is 2. The number of esters is 2. The zero-order chi connectivity index (χ0) is 40.9. The van der Waals surface area contributed by atoms with Gasteiger partial charge in [-0.1, -0.05) is 36.4 Å². The first-order valence-corrected chi connectivity index (χ1v) is 18.2. The van der Waals surface area contributed by atoms with Crippen molar-refractivity contribution in [1.82, 2.24) is 19.8 Å². The van der Waals surface area contributed by atoms with E-state index in [0.717, 1.165) is 11.1 Å². The molecule has 56 heavy (non-hydrogen) atoms. The Hall–Kier alpha value is -5.86. The number of carbonyl (C=O) groups is 4. The van der Waals surface area contributed by atoms with Crippen LogP contribution in [0.15, 0.2) is 84.9 Å². The molecule has 0 saturated carbocycles. The molecule has 0 spiro atoms. The van der Waals surface area contributed by atoms with Crippen LogP contribution in [-0.2, 0) is 45.1 Å². The Kier molecular flexibility index (Phi) is 15.0. The van der Waals surface area contributed by atoms with Crippen LogP contribution in [0.3, 0.4) is 0 Å². The summed E-state index contributed by atoms with van der Waals surface area (Å²) in [6.45, 7) is 13.8. The second kappa shape index (κ2) is 19.6. The Morgan fingerprint density at radius 3 is 1.21 bits per heavy atom. The molecule has 0 radical (unpaired) electrons. The number of pyridine rings is 2. The quantitative estimate of drug-likeness (QED) is 0.0910. The highest BCUT2D eigenvalue weighted by molar-refractivity contribution is 5.87. The molecule has 0 saturated heterocycles. The van der Waals surface area contributed by atoms with E-state index in [4.69, 9.17) is 18.9 Å².